The predicted octanol–water partition coefficient (Wildman–Crippen LogP) is 4.64. The van der Waals surface area contributed by atoms with E-state index in [0.717, 1.165) is 16.8 Å². The van der Waals surface area contributed by atoms with Crippen LogP contribution in [-0.2, 0) is 0 Å². The Morgan fingerprint density at radius 1 is 1.00 bits per heavy atom. The third-order valence-corrected chi connectivity index (χ3v) is 4.63. The van der Waals surface area contributed by atoms with Crippen molar-refractivity contribution in [2.75, 3.05) is 5.32 Å². The normalized spacial score (nSPS) is 16.4. The lowest BCUT2D eigenvalue weighted by atomic mass is 10.0. The quantitative estimate of drug-likeness (QED) is 0.737. The van der Waals surface area contributed by atoms with Gasteiger partial charge < -0.3 is 5.32 Å². The number of fused-ring (bicyclic) bond motifs is 1. The molecule has 114 valence electrons. The van der Waals surface area contributed by atoms with Crippen molar-refractivity contribution in [1.29, 1.82) is 0 Å². The molecule has 2 heterocycles. The summed E-state index contributed by atoms with van der Waals surface area (Å²) < 4.78 is 1.80. The minimum Gasteiger partial charge on any atom is -0.324 e. The maximum Gasteiger partial charge on any atom is 0.226 e. The molecule has 0 radical (unpaired) electrons. The van der Waals surface area contributed by atoms with Crippen LogP contribution in [0.15, 0.2) is 60.9 Å². The highest BCUT2D eigenvalue weighted by Gasteiger charge is 2.25. The summed E-state index contributed by atoms with van der Waals surface area (Å²) in [6.07, 6.45) is 3.60. The Morgan fingerprint density at radius 3 is 2.65 bits per heavy atom. The highest BCUT2D eigenvalue weighted by molar-refractivity contribution is 6.42. The van der Waals surface area contributed by atoms with Crippen LogP contribution >= 0.6 is 23.2 Å². The first kappa shape index (κ1) is 14.3. The molecule has 23 heavy (non-hydrogen) atoms. The van der Waals surface area contributed by atoms with E-state index in [2.05, 4.69) is 21.5 Å². The first-order chi connectivity index (χ1) is 11.2. The fourth-order valence-corrected chi connectivity index (χ4v) is 3.11. The van der Waals surface area contributed by atoms with Gasteiger partial charge in [0.2, 0.25) is 5.95 Å². The average molecular weight is 343 g/mol. The van der Waals surface area contributed by atoms with Gasteiger partial charge in [0.1, 0.15) is 12.4 Å². The number of benzene rings is 2. The Labute approximate surface area is 143 Å². The summed E-state index contributed by atoms with van der Waals surface area (Å²) in [5.41, 5.74) is 2.93. The number of aromatic nitrogens is 3. The fourth-order valence-electron chi connectivity index (χ4n) is 2.69. The summed E-state index contributed by atoms with van der Waals surface area (Å²) in [6, 6.07) is 15.5. The van der Waals surface area contributed by atoms with Crippen molar-refractivity contribution >= 4 is 34.8 Å². The molecule has 0 bridgehead atoms. The highest BCUT2D eigenvalue weighted by atomic mass is 35.5. The SMILES string of the molecule is Clc1cccc(C2C=C(c3ccccc3)Nc3ncnn32)c1Cl. The molecule has 1 N–H and O–H groups in total. The molecule has 4 nitrogen and oxygen atoms in total. The van der Waals surface area contributed by atoms with E-state index in [1.165, 1.54) is 6.33 Å². The van der Waals surface area contributed by atoms with E-state index < -0.39 is 0 Å². The van der Waals surface area contributed by atoms with Gasteiger partial charge in [-0.2, -0.15) is 10.1 Å². The van der Waals surface area contributed by atoms with Crippen LogP contribution in [0.1, 0.15) is 17.2 Å². The van der Waals surface area contributed by atoms with Crippen molar-refractivity contribution in [2.45, 2.75) is 6.04 Å². The van der Waals surface area contributed by atoms with Crippen LogP contribution in [0, 0.1) is 0 Å². The molecule has 0 fully saturated rings. The number of nitrogens with zero attached hydrogens (tertiary/aromatic N) is 3. The van der Waals surface area contributed by atoms with Crippen LogP contribution in [0.4, 0.5) is 5.95 Å². The van der Waals surface area contributed by atoms with Crippen molar-refractivity contribution in [2.24, 2.45) is 0 Å². The van der Waals surface area contributed by atoms with Crippen molar-refractivity contribution in [3.8, 4) is 0 Å². The second kappa shape index (κ2) is 5.72. The molecule has 1 unspecified atom stereocenters. The molecular weight excluding hydrogens is 331 g/mol. The van der Waals surface area contributed by atoms with Gasteiger partial charge in [0.25, 0.3) is 0 Å². The molecule has 0 spiro atoms. The van der Waals surface area contributed by atoms with Gasteiger partial charge in [0, 0.05) is 11.3 Å². The number of hydrogen-bond donors (Lipinski definition) is 1. The summed E-state index contributed by atoms with van der Waals surface area (Å²) in [5, 5.41) is 8.67. The van der Waals surface area contributed by atoms with Gasteiger partial charge in [-0.05, 0) is 17.7 Å². The second-order valence-electron chi connectivity index (χ2n) is 5.19. The van der Waals surface area contributed by atoms with Gasteiger partial charge in [-0.15, -0.1) is 0 Å². The molecule has 0 saturated heterocycles. The molecular formula is C17H12Cl2N4. The average Bonchev–Trinajstić information content (AvgIpc) is 3.06. The molecule has 1 atom stereocenters. The molecule has 6 heteroatoms. The van der Waals surface area contributed by atoms with Gasteiger partial charge in [0.05, 0.1) is 10.0 Å². The first-order valence-electron chi connectivity index (χ1n) is 7.12. The number of halogens is 2. The van der Waals surface area contributed by atoms with Gasteiger partial charge in [-0.25, -0.2) is 4.68 Å². The van der Waals surface area contributed by atoms with Gasteiger partial charge in [0.15, 0.2) is 0 Å². The maximum atomic E-state index is 6.41. The van der Waals surface area contributed by atoms with E-state index in [9.17, 15) is 0 Å². The van der Waals surface area contributed by atoms with Crippen molar-refractivity contribution in [3.05, 3.63) is 82.1 Å². The third kappa shape index (κ3) is 2.50. The topological polar surface area (TPSA) is 42.7 Å². The molecule has 1 aliphatic rings. The van der Waals surface area contributed by atoms with Crippen LogP contribution in [0.3, 0.4) is 0 Å². The predicted molar refractivity (Wildman–Crippen MR) is 92.7 cm³/mol. The largest absolute Gasteiger partial charge is 0.324 e. The Hall–Kier alpha value is -2.30. The van der Waals surface area contributed by atoms with Crippen LogP contribution < -0.4 is 5.32 Å². The molecule has 0 saturated carbocycles. The Morgan fingerprint density at radius 2 is 1.83 bits per heavy atom. The van der Waals surface area contributed by atoms with E-state index >= 15 is 0 Å². The molecule has 2 aromatic carbocycles. The zero-order valence-corrected chi connectivity index (χ0v) is 13.5. The van der Waals surface area contributed by atoms with E-state index in [0.29, 0.717) is 16.0 Å². The fraction of sp³-hybridized carbons (Fsp3) is 0.0588. The third-order valence-electron chi connectivity index (χ3n) is 3.79. The standard InChI is InChI=1S/C17H12Cl2N4/c18-13-8-4-7-12(16(13)19)15-9-14(11-5-2-1-3-6-11)22-17-20-10-21-23(15)17/h1-10,15H,(H,20,21,22). The van der Waals surface area contributed by atoms with E-state index in [4.69, 9.17) is 23.2 Å². The maximum absolute atomic E-state index is 6.41. The molecule has 1 aliphatic heterocycles. The Balaban J connectivity index is 1.87. The Kier molecular flexibility index (Phi) is 3.56. The smallest absolute Gasteiger partial charge is 0.226 e. The number of hydrogen-bond acceptors (Lipinski definition) is 3. The number of nitrogens with one attached hydrogen (secondary N) is 1. The van der Waals surface area contributed by atoms with Gasteiger partial charge >= 0.3 is 0 Å². The first-order valence-corrected chi connectivity index (χ1v) is 7.87. The minimum atomic E-state index is -0.171. The zero-order valence-electron chi connectivity index (χ0n) is 11.9. The van der Waals surface area contributed by atoms with Crippen molar-refractivity contribution < 1.29 is 0 Å². The second-order valence-corrected chi connectivity index (χ2v) is 5.97. The molecule has 1 aromatic heterocycles. The number of allylic oxidation sites excluding steroid dienone is 1. The van der Waals surface area contributed by atoms with Crippen LogP contribution in [-0.4, -0.2) is 14.8 Å². The van der Waals surface area contributed by atoms with Crippen molar-refractivity contribution in [3.63, 3.8) is 0 Å². The van der Waals surface area contributed by atoms with Crippen LogP contribution in [0.25, 0.3) is 5.70 Å². The molecule has 3 aromatic rings. The summed E-state index contributed by atoms with van der Waals surface area (Å²) >= 11 is 12.6. The summed E-state index contributed by atoms with van der Waals surface area (Å²) in [7, 11) is 0. The lowest BCUT2D eigenvalue weighted by Crippen LogP contribution is -2.20. The molecule has 0 amide bonds. The number of anilines is 1. The van der Waals surface area contributed by atoms with Crippen molar-refractivity contribution in [1.82, 2.24) is 14.8 Å². The highest BCUT2D eigenvalue weighted by Crippen LogP contribution is 2.37. The van der Waals surface area contributed by atoms with Gasteiger partial charge in [-0.1, -0.05) is 65.7 Å². The van der Waals surface area contributed by atoms with E-state index in [1.54, 1.807) is 10.7 Å². The molecule has 4 rings (SSSR count). The monoisotopic (exact) mass is 342 g/mol. The summed E-state index contributed by atoms with van der Waals surface area (Å²) in [6.45, 7) is 0. The zero-order chi connectivity index (χ0) is 15.8. The number of rotatable bonds is 2. The van der Waals surface area contributed by atoms with Gasteiger partial charge in [-0.3, -0.25) is 0 Å². The Bertz CT molecular complexity index is 887. The van der Waals surface area contributed by atoms with E-state index in [1.807, 2.05) is 42.5 Å². The van der Waals surface area contributed by atoms with Crippen LogP contribution in [0.2, 0.25) is 10.0 Å². The van der Waals surface area contributed by atoms with E-state index in [-0.39, 0.29) is 6.04 Å². The van der Waals surface area contributed by atoms with Crippen LogP contribution in [0.5, 0.6) is 0 Å². The summed E-state index contributed by atoms with van der Waals surface area (Å²) in [4.78, 5) is 4.28. The lowest BCUT2D eigenvalue weighted by Gasteiger charge is -2.25. The lowest BCUT2D eigenvalue weighted by molar-refractivity contribution is 0.612. The summed E-state index contributed by atoms with van der Waals surface area (Å²) in [5.74, 6) is 0.674. The minimum absolute atomic E-state index is 0.171. The molecule has 0 aliphatic carbocycles.